The van der Waals surface area contributed by atoms with E-state index in [1.165, 1.54) is 0 Å². The summed E-state index contributed by atoms with van der Waals surface area (Å²) in [6.07, 6.45) is 0. The van der Waals surface area contributed by atoms with Crippen molar-refractivity contribution in [1.29, 1.82) is 0 Å². The molecule has 3 unspecified atom stereocenters. The zero-order chi connectivity index (χ0) is 13.8. The van der Waals surface area contributed by atoms with Gasteiger partial charge in [0.2, 0.25) is 5.91 Å². The maximum absolute atomic E-state index is 12.0. The third kappa shape index (κ3) is 3.10. The summed E-state index contributed by atoms with van der Waals surface area (Å²) in [5.74, 6) is -1.99. The largest absolute Gasteiger partial charge is 0.479 e. The molecule has 1 fully saturated rings. The highest BCUT2D eigenvalue weighted by molar-refractivity contribution is 5.86. The van der Waals surface area contributed by atoms with Gasteiger partial charge in [-0.05, 0) is 5.56 Å². The van der Waals surface area contributed by atoms with Crippen LogP contribution >= 0.6 is 0 Å². The SMILES string of the molecule is NC1COCC1C(=O)NC(C(=O)O)c1ccccc1. The highest BCUT2D eigenvalue weighted by Gasteiger charge is 2.34. The molecule has 0 aromatic heterocycles. The molecule has 6 heteroatoms. The van der Waals surface area contributed by atoms with Crippen molar-refractivity contribution in [2.45, 2.75) is 12.1 Å². The van der Waals surface area contributed by atoms with Crippen LogP contribution in [0.5, 0.6) is 0 Å². The lowest BCUT2D eigenvalue weighted by Gasteiger charge is -2.18. The summed E-state index contributed by atoms with van der Waals surface area (Å²) in [7, 11) is 0. The van der Waals surface area contributed by atoms with Crippen LogP contribution in [0.15, 0.2) is 30.3 Å². The molecule has 1 saturated heterocycles. The van der Waals surface area contributed by atoms with Crippen molar-refractivity contribution in [2.24, 2.45) is 11.7 Å². The first-order valence-corrected chi connectivity index (χ1v) is 6.01. The minimum Gasteiger partial charge on any atom is -0.479 e. The van der Waals surface area contributed by atoms with Crippen molar-refractivity contribution in [3.63, 3.8) is 0 Å². The Morgan fingerprint density at radius 2 is 2.00 bits per heavy atom. The van der Waals surface area contributed by atoms with E-state index < -0.39 is 17.9 Å². The van der Waals surface area contributed by atoms with Crippen molar-refractivity contribution in [2.75, 3.05) is 13.2 Å². The number of carbonyl (C=O) groups is 2. The van der Waals surface area contributed by atoms with E-state index in [0.29, 0.717) is 12.2 Å². The number of hydrogen-bond acceptors (Lipinski definition) is 4. The van der Waals surface area contributed by atoms with Crippen LogP contribution in [0.25, 0.3) is 0 Å². The fourth-order valence-electron chi connectivity index (χ4n) is 2.02. The predicted molar refractivity (Wildman–Crippen MR) is 67.2 cm³/mol. The molecule has 1 heterocycles. The molecule has 1 aliphatic rings. The topological polar surface area (TPSA) is 102 Å². The van der Waals surface area contributed by atoms with Gasteiger partial charge in [0.25, 0.3) is 0 Å². The summed E-state index contributed by atoms with van der Waals surface area (Å²) in [4.78, 5) is 23.3. The normalized spacial score (nSPS) is 23.8. The molecule has 1 aliphatic heterocycles. The van der Waals surface area contributed by atoms with Crippen molar-refractivity contribution in [1.82, 2.24) is 5.32 Å². The Kier molecular flexibility index (Phi) is 4.13. The first kappa shape index (κ1) is 13.5. The molecule has 19 heavy (non-hydrogen) atoms. The summed E-state index contributed by atoms with van der Waals surface area (Å²) in [5, 5.41) is 11.7. The number of benzene rings is 1. The minimum absolute atomic E-state index is 0.230. The maximum Gasteiger partial charge on any atom is 0.330 e. The van der Waals surface area contributed by atoms with Gasteiger partial charge < -0.3 is 20.9 Å². The molecule has 0 radical (unpaired) electrons. The quantitative estimate of drug-likeness (QED) is 0.705. The zero-order valence-corrected chi connectivity index (χ0v) is 10.3. The van der Waals surface area contributed by atoms with Gasteiger partial charge in [-0.2, -0.15) is 0 Å². The molecule has 102 valence electrons. The van der Waals surface area contributed by atoms with Gasteiger partial charge >= 0.3 is 5.97 Å². The molecule has 1 aromatic rings. The third-order valence-corrected chi connectivity index (χ3v) is 3.13. The Morgan fingerprint density at radius 3 is 2.53 bits per heavy atom. The maximum atomic E-state index is 12.0. The van der Waals surface area contributed by atoms with Crippen LogP contribution in [0.1, 0.15) is 11.6 Å². The van der Waals surface area contributed by atoms with E-state index in [0.717, 1.165) is 0 Å². The molecule has 0 saturated carbocycles. The Morgan fingerprint density at radius 1 is 1.32 bits per heavy atom. The van der Waals surface area contributed by atoms with E-state index in [4.69, 9.17) is 10.5 Å². The van der Waals surface area contributed by atoms with Crippen LogP contribution in [0.3, 0.4) is 0 Å². The summed E-state index contributed by atoms with van der Waals surface area (Å²) < 4.78 is 5.10. The molecule has 4 N–H and O–H groups in total. The van der Waals surface area contributed by atoms with Crippen LogP contribution in [-0.2, 0) is 14.3 Å². The van der Waals surface area contributed by atoms with Gasteiger partial charge in [-0.15, -0.1) is 0 Å². The molecule has 2 rings (SSSR count). The number of carboxylic acids is 1. The number of carbonyl (C=O) groups excluding carboxylic acids is 1. The second-order valence-corrected chi connectivity index (χ2v) is 4.50. The van der Waals surface area contributed by atoms with Crippen LogP contribution in [-0.4, -0.2) is 36.2 Å². The first-order chi connectivity index (χ1) is 9.09. The van der Waals surface area contributed by atoms with Crippen LogP contribution in [0.4, 0.5) is 0 Å². The summed E-state index contributed by atoms with van der Waals surface area (Å²) in [5.41, 5.74) is 6.26. The molecule has 1 aromatic carbocycles. The summed E-state index contributed by atoms with van der Waals surface area (Å²) in [6.45, 7) is 0.551. The highest BCUT2D eigenvalue weighted by atomic mass is 16.5. The van der Waals surface area contributed by atoms with Gasteiger partial charge in [0.05, 0.1) is 19.1 Å². The van der Waals surface area contributed by atoms with E-state index in [1.807, 2.05) is 0 Å². The second kappa shape index (κ2) is 5.81. The molecular weight excluding hydrogens is 248 g/mol. The summed E-state index contributed by atoms with van der Waals surface area (Å²) in [6, 6.07) is 7.09. The van der Waals surface area contributed by atoms with Crippen molar-refractivity contribution >= 4 is 11.9 Å². The lowest BCUT2D eigenvalue weighted by atomic mass is 10.0. The Labute approximate surface area is 110 Å². The minimum atomic E-state index is -1.10. The smallest absolute Gasteiger partial charge is 0.330 e. The van der Waals surface area contributed by atoms with Gasteiger partial charge in [-0.3, -0.25) is 4.79 Å². The number of amides is 1. The fourth-order valence-corrected chi connectivity index (χ4v) is 2.02. The number of carboxylic acid groups (broad SMARTS) is 1. The second-order valence-electron chi connectivity index (χ2n) is 4.50. The fraction of sp³-hybridized carbons (Fsp3) is 0.385. The number of aliphatic carboxylic acids is 1. The average Bonchev–Trinajstić information content (AvgIpc) is 2.82. The molecule has 0 bridgehead atoms. The van der Waals surface area contributed by atoms with Gasteiger partial charge in [0.1, 0.15) is 0 Å². The van der Waals surface area contributed by atoms with E-state index in [-0.39, 0.29) is 18.6 Å². The van der Waals surface area contributed by atoms with E-state index in [1.54, 1.807) is 30.3 Å². The van der Waals surface area contributed by atoms with Crippen LogP contribution < -0.4 is 11.1 Å². The van der Waals surface area contributed by atoms with Gasteiger partial charge in [-0.25, -0.2) is 4.79 Å². The van der Waals surface area contributed by atoms with Crippen molar-refractivity contribution in [3.8, 4) is 0 Å². The number of nitrogens with two attached hydrogens (primary N) is 1. The van der Waals surface area contributed by atoms with Crippen molar-refractivity contribution in [3.05, 3.63) is 35.9 Å². The standard InChI is InChI=1S/C13H16N2O4/c14-10-7-19-6-9(10)12(16)15-11(13(17)18)8-4-2-1-3-5-8/h1-5,9-11H,6-7,14H2,(H,15,16)(H,17,18). The van der Waals surface area contributed by atoms with Crippen LogP contribution in [0.2, 0.25) is 0 Å². The predicted octanol–water partition coefficient (Wildman–Crippen LogP) is -0.0978. The molecule has 0 aliphatic carbocycles. The average molecular weight is 264 g/mol. The Bertz CT molecular complexity index is 463. The third-order valence-electron chi connectivity index (χ3n) is 3.13. The molecular formula is C13H16N2O4. The van der Waals surface area contributed by atoms with Gasteiger partial charge in [-0.1, -0.05) is 30.3 Å². The highest BCUT2D eigenvalue weighted by Crippen LogP contribution is 2.16. The number of nitrogens with one attached hydrogen (secondary N) is 1. The molecule has 1 amide bonds. The van der Waals surface area contributed by atoms with E-state index in [2.05, 4.69) is 5.32 Å². The Hall–Kier alpha value is -1.92. The van der Waals surface area contributed by atoms with Crippen molar-refractivity contribution < 1.29 is 19.4 Å². The first-order valence-electron chi connectivity index (χ1n) is 6.01. The lowest BCUT2D eigenvalue weighted by Crippen LogP contribution is -2.44. The number of rotatable bonds is 4. The van der Waals surface area contributed by atoms with E-state index in [9.17, 15) is 14.7 Å². The summed E-state index contributed by atoms with van der Waals surface area (Å²) >= 11 is 0. The number of hydrogen-bond donors (Lipinski definition) is 3. The zero-order valence-electron chi connectivity index (χ0n) is 10.3. The Balaban J connectivity index is 2.09. The molecule has 0 spiro atoms. The monoisotopic (exact) mass is 264 g/mol. The lowest BCUT2D eigenvalue weighted by molar-refractivity contribution is -0.142. The molecule has 6 nitrogen and oxygen atoms in total. The molecule has 3 atom stereocenters. The number of ether oxygens (including phenoxy) is 1. The van der Waals surface area contributed by atoms with Gasteiger partial charge in [0.15, 0.2) is 6.04 Å². The van der Waals surface area contributed by atoms with Gasteiger partial charge in [0, 0.05) is 6.04 Å². The van der Waals surface area contributed by atoms with E-state index >= 15 is 0 Å². The van der Waals surface area contributed by atoms with Crippen LogP contribution in [0, 0.1) is 5.92 Å².